The molecule has 0 saturated carbocycles. The highest BCUT2D eigenvalue weighted by atomic mass is 127. The lowest BCUT2D eigenvalue weighted by Gasteiger charge is -2.16. The van der Waals surface area contributed by atoms with Crippen LogP contribution in [0, 0.1) is 3.57 Å². The van der Waals surface area contributed by atoms with Crippen LogP contribution in [0.3, 0.4) is 0 Å². The molecule has 0 fully saturated rings. The fourth-order valence-electron chi connectivity index (χ4n) is 2.94. The van der Waals surface area contributed by atoms with Crippen molar-refractivity contribution in [2.24, 2.45) is 0 Å². The van der Waals surface area contributed by atoms with Gasteiger partial charge in [0.05, 0.1) is 11.1 Å². The van der Waals surface area contributed by atoms with E-state index in [-0.39, 0.29) is 25.8 Å². The Morgan fingerprint density at radius 1 is 0.677 bits per heavy atom. The molecule has 0 aliphatic heterocycles. The summed E-state index contributed by atoms with van der Waals surface area (Å²) in [7, 11) is -4.66. The van der Waals surface area contributed by atoms with Crippen LogP contribution in [-0.2, 0) is 22.5 Å². The first kappa shape index (κ1) is 23.5. The topological polar surface area (TPSA) is 54.4 Å². The molecule has 3 aromatic carbocycles. The molecule has 0 amide bonds. The maximum Gasteiger partial charge on any atom is 0.416 e. The van der Waals surface area contributed by atoms with E-state index >= 15 is 0 Å². The fourth-order valence-corrected chi connectivity index (χ4v) is 5.13. The minimum absolute atomic E-state index is 0.0113. The smallest absolute Gasteiger partial charge is 0.282 e. The normalized spacial score (nSPS) is 12.8. The third kappa shape index (κ3) is 5.04. The maximum atomic E-state index is 12.9. The molecule has 1 N–H and O–H groups in total. The third-order valence-corrected chi connectivity index (χ3v) is 6.79. The standard InChI is InChI=1S/C20H11F6IO3S/c21-19(22,23)13-5-1-11(2-6-13)15-9-10-16(31(28,29)30)18(27)17(15)12-3-7-14(8-4-12)20(24,25)26/h1-10H,(H,28,29,30). The summed E-state index contributed by atoms with van der Waals surface area (Å²) >= 11 is 1.63. The minimum Gasteiger partial charge on any atom is -0.282 e. The molecule has 31 heavy (non-hydrogen) atoms. The van der Waals surface area contributed by atoms with Gasteiger partial charge in [-0.2, -0.15) is 34.8 Å². The monoisotopic (exact) mass is 572 g/mol. The van der Waals surface area contributed by atoms with Crippen molar-refractivity contribution in [3.63, 3.8) is 0 Å². The van der Waals surface area contributed by atoms with Crippen molar-refractivity contribution in [1.29, 1.82) is 0 Å². The quantitative estimate of drug-likeness (QED) is 0.211. The van der Waals surface area contributed by atoms with Crippen molar-refractivity contribution in [3.8, 4) is 22.3 Å². The summed E-state index contributed by atoms with van der Waals surface area (Å²) in [5.74, 6) is 0. The molecule has 3 rings (SSSR count). The summed E-state index contributed by atoms with van der Waals surface area (Å²) in [5, 5.41) is 0. The van der Waals surface area contributed by atoms with Crippen molar-refractivity contribution in [1.82, 2.24) is 0 Å². The van der Waals surface area contributed by atoms with Gasteiger partial charge in [-0.15, -0.1) is 0 Å². The van der Waals surface area contributed by atoms with E-state index in [1.807, 2.05) is 0 Å². The van der Waals surface area contributed by atoms with Gasteiger partial charge in [-0.05, 0) is 69.6 Å². The molecule has 0 saturated heterocycles. The minimum atomic E-state index is -4.66. The highest BCUT2D eigenvalue weighted by Crippen LogP contribution is 2.41. The van der Waals surface area contributed by atoms with Crippen LogP contribution in [0.4, 0.5) is 26.3 Å². The molecule has 3 nitrogen and oxygen atoms in total. The first-order valence-electron chi connectivity index (χ1n) is 8.35. The highest BCUT2D eigenvalue weighted by Gasteiger charge is 2.31. The molecule has 164 valence electrons. The molecule has 0 bridgehead atoms. The van der Waals surface area contributed by atoms with Crippen molar-refractivity contribution in [3.05, 3.63) is 75.4 Å². The Labute approximate surface area is 186 Å². The zero-order valence-corrected chi connectivity index (χ0v) is 18.1. The van der Waals surface area contributed by atoms with Crippen LogP contribution in [-0.4, -0.2) is 13.0 Å². The summed E-state index contributed by atoms with van der Waals surface area (Å²) < 4.78 is 110. The second kappa shape index (κ2) is 8.10. The molecule has 3 aromatic rings. The van der Waals surface area contributed by atoms with Crippen LogP contribution >= 0.6 is 22.6 Å². The van der Waals surface area contributed by atoms with Crippen LogP contribution < -0.4 is 0 Å². The lowest BCUT2D eigenvalue weighted by molar-refractivity contribution is -0.138. The maximum absolute atomic E-state index is 12.9. The van der Waals surface area contributed by atoms with Crippen LogP contribution in [0.2, 0.25) is 0 Å². The number of alkyl halides is 6. The van der Waals surface area contributed by atoms with E-state index in [4.69, 9.17) is 0 Å². The van der Waals surface area contributed by atoms with Crippen molar-refractivity contribution in [2.75, 3.05) is 0 Å². The average molecular weight is 572 g/mol. The van der Waals surface area contributed by atoms with E-state index < -0.39 is 38.5 Å². The van der Waals surface area contributed by atoms with Gasteiger partial charge in [-0.1, -0.05) is 30.3 Å². The van der Waals surface area contributed by atoms with Gasteiger partial charge in [0, 0.05) is 9.13 Å². The molecule has 0 unspecified atom stereocenters. The first-order chi connectivity index (χ1) is 14.2. The van der Waals surface area contributed by atoms with Crippen LogP contribution in [0.1, 0.15) is 11.1 Å². The van der Waals surface area contributed by atoms with Gasteiger partial charge >= 0.3 is 12.4 Å². The van der Waals surface area contributed by atoms with Crippen LogP contribution in [0.5, 0.6) is 0 Å². The summed E-state index contributed by atoms with van der Waals surface area (Å²) in [6.07, 6.45) is -9.14. The Kier molecular flexibility index (Phi) is 6.15. The average Bonchev–Trinajstić information content (AvgIpc) is 2.65. The summed E-state index contributed by atoms with van der Waals surface area (Å²) in [6, 6.07) is 10.3. The number of rotatable bonds is 3. The molecule has 0 spiro atoms. The predicted molar refractivity (Wildman–Crippen MR) is 110 cm³/mol. The van der Waals surface area contributed by atoms with Crippen LogP contribution in [0.15, 0.2) is 65.6 Å². The van der Waals surface area contributed by atoms with Gasteiger partial charge < -0.3 is 0 Å². The molecule has 0 radical (unpaired) electrons. The number of hydrogen-bond donors (Lipinski definition) is 1. The summed E-state index contributed by atoms with van der Waals surface area (Å²) in [6.45, 7) is 0. The Balaban J connectivity index is 2.24. The lowest BCUT2D eigenvalue weighted by Crippen LogP contribution is -2.06. The Bertz CT molecular complexity index is 1220. The lowest BCUT2D eigenvalue weighted by atomic mass is 9.93. The largest absolute Gasteiger partial charge is 0.416 e. The summed E-state index contributed by atoms with van der Waals surface area (Å²) in [5.41, 5.74) is -0.903. The highest BCUT2D eigenvalue weighted by molar-refractivity contribution is 14.1. The van der Waals surface area contributed by atoms with E-state index in [0.29, 0.717) is 0 Å². The van der Waals surface area contributed by atoms with Crippen LogP contribution in [0.25, 0.3) is 22.3 Å². The number of benzene rings is 3. The second-order valence-electron chi connectivity index (χ2n) is 6.43. The zero-order chi connectivity index (χ0) is 23.2. The molecule has 0 aromatic heterocycles. The van der Waals surface area contributed by atoms with Gasteiger partial charge in [0.2, 0.25) is 0 Å². The molecule has 0 atom stereocenters. The Morgan fingerprint density at radius 2 is 1.10 bits per heavy atom. The van der Waals surface area contributed by atoms with E-state index in [2.05, 4.69) is 0 Å². The second-order valence-corrected chi connectivity index (χ2v) is 8.89. The van der Waals surface area contributed by atoms with E-state index in [0.717, 1.165) is 42.5 Å². The third-order valence-electron chi connectivity index (χ3n) is 4.41. The van der Waals surface area contributed by atoms with Gasteiger partial charge in [0.1, 0.15) is 4.90 Å². The molecular weight excluding hydrogens is 561 g/mol. The first-order valence-corrected chi connectivity index (χ1v) is 10.9. The van der Waals surface area contributed by atoms with Gasteiger partial charge in [0.15, 0.2) is 0 Å². The van der Waals surface area contributed by atoms with Crippen molar-refractivity contribution < 1.29 is 39.3 Å². The number of halogens is 7. The SMILES string of the molecule is O=S(=O)(O)c1ccc(-c2ccc(C(F)(F)F)cc2)c(-c2ccc(C(F)(F)F)cc2)c1I. The van der Waals surface area contributed by atoms with Crippen molar-refractivity contribution in [2.45, 2.75) is 17.2 Å². The van der Waals surface area contributed by atoms with E-state index in [9.17, 15) is 39.3 Å². The number of hydrogen-bond acceptors (Lipinski definition) is 2. The molecule has 0 aliphatic carbocycles. The predicted octanol–water partition coefficient (Wildman–Crippen LogP) is 6.91. The van der Waals surface area contributed by atoms with Crippen molar-refractivity contribution >= 4 is 32.7 Å². The Morgan fingerprint density at radius 3 is 1.48 bits per heavy atom. The molecule has 0 heterocycles. The Hall–Kier alpha value is -2.12. The van der Waals surface area contributed by atoms with Gasteiger partial charge in [0.25, 0.3) is 10.1 Å². The van der Waals surface area contributed by atoms with Gasteiger partial charge in [-0.25, -0.2) is 0 Å². The van der Waals surface area contributed by atoms with E-state index in [1.54, 1.807) is 22.6 Å². The fraction of sp³-hybridized carbons (Fsp3) is 0.100. The zero-order valence-electron chi connectivity index (χ0n) is 15.1. The molecule has 0 aliphatic rings. The van der Waals surface area contributed by atoms with Gasteiger partial charge in [-0.3, -0.25) is 4.55 Å². The molecule has 11 heteroatoms. The molecular formula is C20H11F6IO3S. The summed E-state index contributed by atoms with van der Waals surface area (Å²) in [4.78, 5) is -0.473. The van der Waals surface area contributed by atoms with E-state index in [1.165, 1.54) is 18.2 Å².